The Morgan fingerprint density at radius 1 is 0.969 bits per heavy atom. The minimum Gasteiger partial charge on any atom is -0.497 e. The van der Waals surface area contributed by atoms with Crippen LogP contribution in [-0.2, 0) is 4.79 Å². The first-order valence-corrected chi connectivity index (χ1v) is 10.1. The monoisotopic (exact) mass is 472 g/mol. The molecule has 0 saturated heterocycles. The van der Waals surface area contributed by atoms with Gasteiger partial charge in [-0.3, -0.25) is 4.79 Å². The van der Waals surface area contributed by atoms with E-state index in [-0.39, 0.29) is 6.61 Å². The van der Waals surface area contributed by atoms with Gasteiger partial charge in [-0.1, -0.05) is 23.2 Å². The molecule has 0 radical (unpaired) electrons. The van der Waals surface area contributed by atoms with Crippen molar-refractivity contribution in [1.82, 2.24) is 5.43 Å². The van der Waals surface area contributed by atoms with Gasteiger partial charge < -0.3 is 14.2 Å². The van der Waals surface area contributed by atoms with E-state index in [1.54, 1.807) is 67.8 Å². The number of carbonyl (C=O) groups excluding carboxylic acids is 2. The number of rotatable bonds is 8. The van der Waals surface area contributed by atoms with Crippen LogP contribution in [0, 0.1) is 0 Å². The summed E-state index contributed by atoms with van der Waals surface area (Å²) in [6, 6.07) is 17.9. The van der Waals surface area contributed by atoms with E-state index in [0.29, 0.717) is 38.4 Å². The van der Waals surface area contributed by atoms with Gasteiger partial charge in [-0.25, -0.2) is 10.2 Å². The van der Waals surface area contributed by atoms with Crippen LogP contribution >= 0.6 is 23.2 Å². The van der Waals surface area contributed by atoms with E-state index < -0.39 is 11.9 Å². The fourth-order valence-electron chi connectivity index (χ4n) is 2.46. The van der Waals surface area contributed by atoms with Crippen LogP contribution in [0.2, 0.25) is 10.0 Å². The molecule has 0 bridgehead atoms. The van der Waals surface area contributed by atoms with E-state index in [4.69, 9.17) is 37.4 Å². The van der Waals surface area contributed by atoms with Crippen LogP contribution in [0.4, 0.5) is 0 Å². The summed E-state index contributed by atoms with van der Waals surface area (Å²) in [4.78, 5) is 24.0. The van der Waals surface area contributed by atoms with E-state index in [1.165, 1.54) is 12.3 Å². The van der Waals surface area contributed by atoms with Gasteiger partial charge in [0.1, 0.15) is 17.2 Å². The first-order chi connectivity index (χ1) is 15.4. The average Bonchev–Trinajstić information content (AvgIpc) is 2.79. The second-order valence-electron chi connectivity index (χ2n) is 6.34. The Bertz CT molecular complexity index is 1120. The summed E-state index contributed by atoms with van der Waals surface area (Å²) in [6.07, 6.45) is 1.45. The summed E-state index contributed by atoms with van der Waals surface area (Å²) < 4.78 is 15.7. The van der Waals surface area contributed by atoms with Crippen molar-refractivity contribution in [3.8, 4) is 17.2 Å². The van der Waals surface area contributed by atoms with E-state index in [2.05, 4.69) is 10.5 Å². The van der Waals surface area contributed by atoms with E-state index in [9.17, 15) is 9.59 Å². The highest BCUT2D eigenvalue weighted by molar-refractivity contribution is 6.35. The van der Waals surface area contributed by atoms with Crippen molar-refractivity contribution in [3.05, 3.63) is 87.9 Å². The Morgan fingerprint density at radius 2 is 1.66 bits per heavy atom. The molecule has 0 saturated carbocycles. The predicted octanol–water partition coefficient (Wildman–Crippen LogP) is 4.75. The number of methoxy groups -OCH3 is 1. The molecular weight excluding hydrogens is 455 g/mol. The minimum atomic E-state index is -0.484. The summed E-state index contributed by atoms with van der Waals surface area (Å²) in [5.41, 5.74) is 3.45. The van der Waals surface area contributed by atoms with Gasteiger partial charge in [-0.2, -0.15) is 5.10 Å². The van der Waals surface area contributed by atoms with Crippen molar-refractivity contribution in [2.75, 3.05) is 13.7 Å². The molecule has 0 aliphatic carbocycles. The molecule has 0 unspecified atom stereocenters. The number of hydrazone groups is 1. The van der Waals surface area contributed by atoms with Gasteiger partial charge in [-0.05, 0) is 72.3 Å². The number of hydrogen-bond donors (Lipinski definition) is 1. The molecule has 164 valence electrons. The maximum Gasteiger partial charge on any atom is 0.343 e. The van der Waals surface area contributed by atoms with Gasteiger partial charge in [0.2, 0.25) is 0 Å². The molecule has 0 aliphatic rings. The number of esters is 1. The molecule has 3 aromatic carbocycles. The second kappa shape index (κ2) is 11.2. The first-order valence-electron chi connectivity index (χ1n) is 9.30. The second-order valence-corrected chi connectivity index (χ2v) is 7.19. The number of hydrogen-bond acceptors (Lipinski definition) is 6. The van der Waals surface area contributed by atoms with Gasteiger partial charge in [0, 0.05) is 5.02 Å². The lowest BCUT2D eigenvalue weighted by atomic mass is 10.2. The molecule has 0 atom stereocenters. The number of nitrogens with zero attached hydrogens (tertiary/aromatic N) is 1. The molecule has 0 heterocycles. The fourth-order valence-corrected chi connectivity index (χ4v) is 2.92. The summed E-state index contributed by atoms with van der Waals surface area (Å²) in [5, 5.41) is 4.64. The molecule has 3 rings (SSSR count). The average molecular weight is 473 g/mol. The molecule has 0 aromatic heterocycles. The molecule has 1 N–H and O–H groups in total. The molecule has 7 nitrogen and oxygen atoms in total. The number of carbonyl (C=O) groups is 2. The smallest absolute Gasteiger partial charge is 0.343 e. The number of nitrogens with one attached hydrogen (secondary N) is 1. The van der Waals surface area contributed by atoms with Crippen molar-refractivity contribution >= 4 is 41.3 Å². The Balaban J connectivity index is 1.47. The largest absolute Gasteiger partial charge is 0.497 e. The van der Waals surface area contributed by atoms with E-state index >= 15 is 0 Å². The fraction of sp³-hybridized carbons (Fsp3) is 0.0870. The maximum atomic E-state index is 12.2. The molecule has 3 aromatic rings. The van der Waals surface area contributed by atoms with Gasteiger partial charge in [0.05, 0.1) is 23.9 Å². The Labute approximate surface area is 194 Å². The number of benzene rings is 3. The molecule has 9 heteroatoms. The van der Waals surface area contributed by atoms with Crippen LogP contribution in [-0.4, -0.2) is 31.8 Å². The molecule has 0 fully saturated rings. The molecule has 1 amide bonds. The van der Waals surface area contributed by atoms with Crippen LogP contribution in [0.3, 0.4) is 0 Å². The molecular formula is C23H18Cl2N2O5. The highest BCUT2D eigenvalue weighted by atomic mass is 35.5. The van der Waals surface area contributed by atoms with Crippen LogP contribution in [0.15, 0.2) is 71.8 Å². The normalized spacial score (nSPS) is 10.6. The van der Waals surface area contributed by atoms with Gasteiger partial charge >= 0.3 is 5.97 Å². The third-order valence-corrected chi connectivity index (χ3v) is 4.60. The standard InChI is InChI=1S/C23H18Cl2N2O5/c1-30-18-9-4-16(5-10-18)23(29)32-19-7-2-15(3-8-19)13-26-27-22(28)14-31-21-11-6-17(24)12-20(21)25/h2-13H,14H2,1H3,(H,27,28)/b26-13-. The van der Waals surface area contributed by atoms with Gasteiger partial charge in [0.25, 0.3) is 5.91 Å². The van der Waals surface area contributed by atoms with Crippen LogP contribution in [0.5, 0.6) is 17.2 Å². The Kier molecular flexibility index (Phi) is 8.08. The van der Waals surface area contributed by atoms with Crippen molar-refractivity contribution in [3.63, 3.8) is 0 Å². The zero-order chi connectivity index (χ0) is 22.9. The van der Waals surface area contributed by atoms with E-state index in [1.807, 2.05) is 0 Å². The molecule has 0 aliphatic heterocycles. The number of amides is 1. The summed E-state index contributed by atoms with van der Waals surface area (Å²) in [5.74, 6) is 0.423. The van der Waals surface area contributed by atoms with Crippen LogP contribution < -0.4 is 19.6 Å². The summed E-state index contributed by atoms with van der Waals surface area (Å²) >= 11 is 11.8. The lowest BCUT2D eigenvalue weighted by molar-refractivity contribution is -0.123. The number of halogens is 2. The van der Waals surface area contributed by atoms with Gasteiger partial charge in [-0.15, -0.1) is 0 Å². The highest BCUT2D eigenvalue weighted by Gasteiger charge is 2.09. The summed E-state index contributed by atoms with van der Waals surface area (Å²) in [7, 11) is 1.55. The van der Waals surface area contributed by atoms with Crippen molar-refractivity contribution in [2.24, 2.45) is 5.10 Å². The van der Waals surface area contributed by atoms with Gasteiger partial charge in [0.15, 0.2) is 6.61 Å². The van der Waals surface area contributed by atoms with Crippen LogP contribution in [0.1, 0.15) is 15.9 Å². The highest BCUT2D eigenvalue weighted by Crippen LogP contribution is 2.27. The SMILES string of the molecule is COc1ccc(C(=O)Oc2ccc(/C=N\NC(=O)COc3ccc(Cl)cc3Cl)cc2)cc1. The zero-order valence-corrected chi connectivity index (χ0v) is 18.4. The topological polar surface area (TPSA) is 86.2 Å². The van der Waals surface area contributed by atoms with Crippen molar-refractivity contribution in [2.45, 2.75) is 0 Å². The summed E-state index contributed by atoms with van der Waals surface area (Å²) in [6.45, 7) is -0.265. The Hall–Kier alpha value is -3.55. The predicted molar refractivity (Wildman–Crippen MR) is 122 cm³/mol. The third kappa shape index (κ3) is 6.73. The lowest BCUT2D eigenvalue weighted by Crippen LogP contribution is -2.24. The van der Waals surface area contributed by atoms with Crippen molar-refractivity contribution in [1.29, 1.82) is 0 Å². The molecule has 32 heavy (non-hydrogen) atoms. The number of ether oxygens (including phenoxy) is 3. The third-order valence-electron chi connectivity index (χ3n) is 4.07. The van der Waals surface area contributed by atoms with Crippen LogP contribution in [0.25, 0.3) is 0 Å². The first kappa shape index (κ1) is 23.1. The molecule has 0 spiro atoms. The zero-order valence-electron chi connectivity index (χ0n) is 16.9. The van der Waals surface area contributed by atoms with Crippen molar-refractivity contribution < 1.29 is 23.8 Å². The maximum absolute atomic E-state index is 12.2. The van der Waals surface area contributed by atoms with E-state index in [0.717, 1.165) is 0 Å². The lowest BCUT2D eigenvalue weighted by Gasteiger charge is -2.07. The minimum absolute atomic E-state index is 0.265. The quantitative estimate of drug-likeness (QED) is 0.221. The Morgan fingerprint density at radius 3 is 2.31 bits per heavy atom.